The molecule has 1 unspecified atom stereocenters. The van der Waals surface area contributed by atoms with Crippen molar-refractivity contribution in [2.45, 2.75) is 20.0 Å². The molecule has 5 heteroatoms. The predicted octanol–water partition coefficient (Wildman–Crippen LogP) is 1.21. The molecule has 0 heterocycles. The number of nitrogens with two attached hydrogens (primary N) is 1. The van der Waals surface area contributed by atoms with Crippen molar-refractivity contribution in [3.05, 3.63) is 23.8 Å². The number of hydrogen-bond donors (Lipinski definition) is 2. The summed E-state index contributed by atoms with van der Waals surface area (Å²) in [7, 11) is 0. The molecule has 1 atom stereocenters. The Balaban J connectivity index is 2.91. The number of carbonyl (C=O) groups is 1. The molecule has 3 N–H and O–H groups in total. The molecule has 5 nitrogen and oxygen atoms in total. The maximum atomic E-state index is 11.6. The van der Waals surface area contributed by atoms with Crippen molar-refractivity contribution in [1.29, 1.82) is 0 Å². The Labute approximate surface area is 100 Å². The molecule has 1 aromatic rings. The SMILES string of the molecule is CCOC(=O)c1cc(N)ccc1OCC(C)O. The summed E-state index contributed by atoms with van der Waals surface area (Å²) in [4.78, 5) is 11.6. The van der Waals surface area contributed by atoms with E-state index in [2.05, 4.69) is 0 Å². The number of esters is 1. The van der Waals surface area contributed by atoms with E-state index in [0.717, 1.165) is 0 Å². The first kappa shape index (κ1) is 13.3. The van der Waals surface area contributed by atoms with Gasteiger partial charge in [0.1, 0.15) is 17.9 Å². The Bertz CT molecular complexity index is 390. The van der Waals surface area contributed by atoms with Crippen molar-refractivity contribution >= 4 is 11.7 Å². The number of anilines is 1. The highest BCUT2D eigenvalue weighted by atomic mass is 16.5. The summed E-state index contributed by atoms with van der Waals surface area (Å²) in [6.07, 6.45) is -0.609. The molecule has 17 heavy (non-hydrogen) atoms. The number of ether oxygens (including phenoxy) is 2. The lowest BCUT2D eigenvalue weighted by molar-refractivity contribution is 0.0517. The molecule has 0 saturated carbocycles. The van der Waals surface area contributed by atoms with Crippen LogP contribution >= 0.6 is 0 Å². The first-order chi connectivity index (χ1) is 8.04. The molecule has 0 amide bonds. The van der Waals surface area contributed by atoms with E-state index >= 15 is 0 Å². The van der Waals surface area contributed by atoms with E-state index in [1.165, 1.54) is 6.07 Å². The summed E-state index contributed by atoms with van der Waals surface area (Å²) in [6, 6.07) is 4.71. The van der Waals surface area contributed by atoms with Crippen LogP contribution in [0.2, 0.25) is 0 Å². The second-order valence-electron chi connectivity index (χ2n) is 3.64. The minimum Gasteiger partial charge on any atom is -0.490 e. The fourth-order valence-corrected chi connectivity index (χ4v) is 1.25. The van der Waals surface area contributed by atoms with Crippen molar-refractivity contribution in [1.82, 2.24) is 0 Å². The van der Waals surface area contributed by atoms with Crippen LogP contribution in [0, 0.1) is 0 Å². The van der Waals surface area contributed by atoms with Gasteiger partial charge in [0, 0.05) is 5.69 Å². The molecule has 0 aliphatic carbocycles. The zero-order valence-electron chi connectivity index (χ0n) is 9.97. The lowest BCUT2D eigenvalue weighted by atomic mass is 10.2. The highest BCUT2D eigenvalue weighted by Gasteiger charge is 2.14. The van der Waals surface area contributed by atoms with Gasteiger partial charge in [-0.25, -0.2) is 4.79 Å². The van der Waals surface area contributed by atoms with E-state index in [0.29, 0.717) is 11.4 Å². The van der Waals surface area contributed by atoms with Crippen LogP contribution < -0.4 is 10.5 Å². The van der Waals surface area contributed by atoms with E-state index in [1.807, 2.05) is 0 Å². The molecule has 1 aromatic carbocycles. The van der Waals surface area contributed by atoms with Gasteiger partial charge in [0.05, 0.1) is 12.7 Å². The zero-order chi connectivity index (χ0) is 12.8. The lowest BCUT2D eigenvalue weighted by Gasteiger charge is -2.12. The van der Waals surface area contributed by atoms with Gasteiger partial charge >= 0.3 is 5.97 Å². The first-order valence-corrected chi connectivity index (χ1v) is 5.42. The molecular weight excluding hydrogens is 222 g/mol. The highest BCUT2D eigenvalue weighted by Crippen LogP contribution is 2.22. The third-order valence-corrected chi connectivity index (χ3v) is 1.98. The summed E-state index contributed by atoms with van der Waals surface area (Å²) in [5, 5.41) is 9.14. The predicted molar refractivity (Wildman–Crippen MR) is 64.0 cm³/mol. The van der Waals surface area contributed by atoms with Gasteiger partial charge in [-0.1, -0.05) is 0 Å². The number of carbonyl (C=O) groups excluding carboxylic acids is 1. The maximum absolute atomic E-state index is 11.6. The van der Waals surface area contributed by atoms with Crippen molar-refractivity contribution in [3.63, 3.8) is 0 Å². The van der Waals surface area contributed by atoms with E-state index in [4.69, 9.17) is 20.3 Å². The van der Waals surface area contributed by atoms with E-state index in [-0.39, 0.29) is 18.8 Å². The van der Waals surface area contributed by atoms with Gasteiger partial charge in [-0.3, -0.25) is 0 Å². The summed E-state index contributed by atoms with van der Waals surface area (Å²) in [5.41, 5.74) is 6.33. The zero-order valence-corrected chi connectivity index (χ0v) is 9.97. The van der Waals surface area contributed by atoms with Crippen LogP contribution in [-0.2, 0) is 4.74 Å². The molecule has 0 aliphatic heterocycles. The Morgan fingerprint density at radius 1 is 1.53 bits per heavy atom. The van der Waals surface area contributed by atoms with Gasteiger partial charge < -0.3 is 20.3 Å². The van der Waals surface area contributed by atoms with E-state index < -0.39 is 12.1 Å². The minimum absolute atomic E-state index is 0.107. The molecule has 0 aromatic heterocycles. The number of aliphatic hydroxyl groups excluding tert-OH is 1. The fraction of sp³-hybridized carbons (Fsp3) is 0.417. The normalized spacial score (nSPS) is 11.9. The van der Waals surface area contributed by atoms with E-state index in [1.54, 1.807) is 26.0 Å². The molecule has 1 rings (SSSR count). The molecule has 0 radical (unpaired) electrons. The Kier molecular flexibility index (Phi) is 4.78. The summed E-state index contributed by atoms with van der Waals surface area (Å²) < 4.78 is 10.2. The number of hydrogen-bond acceptors (Lipinski definition) is 5. The van der Waals surface area contributed by atoms with Crippen LogP contribution in [-0.4, -0.2) is 30.4 Å². The summed E-state index contributed by atoms with van der Waals surface area (Å²) in [5.74, 6) is -0.126. The first-order valence-electron chi connectivity index (χ1n) is 5.42. The van der Waals surface area contributed by atoms with Gasteiger partial charge in [-0.05, 0) is 32.0 Å². The minimum atomic E-state index is -0.609. The standard InChI is InChI=1S/C12H17NO4/c1-3-16-12(15)10-6-9(13)4-5-11(10)17-7-8(2)14/h4-6,8,14H,3,7,13H2,1-2H3. The van der Waals surface area contributed by atoms with Crippen LogP contribution in [0.1, 0.15) is 24.2 Å². The second-order valence-corrected chi connectivity index (χ2v) is 3.64. The number of benzene rings is 1. The Morgan fingerprint density at radius 3 is 2.82 bits per heavy atom. The summed E-state index contributed by atoms with van der Waals surface area (Å²) >= 11 is 0. The summed E-state index contributed by atoms with van der Waals surface area (Å²) in [6.45, 7) is 3.71. The van der Waals surface area contributed by atoms with Crippen LogP contribution in [0.4, 0.5) is 5.69 Å². The molecule has 0 saturated heterocycles. The van der Waals surface area contributed by atoms with Crippen molar-refractivity contribution in [2.75, 3.05) is 18.9 Å². The molecule has 0 bridgehead atoms. The van der Waals surface area contributed by atoms with Gasteiger partial charge in [0.2, 0.25) is 0 Å². The lowest BCUT2D eigenvalue weighted by Crippen LogP contribution is -2.15. The highest BCUT2D eigenvalue weighted by molar-refractivity contribution is 5.93. The van der Waals surface area contributed by atoms with Crippen molar-refractivity contribution in [3.8, 4) is 5.75 Å². The monoisotopic (exact) mass is 239 g/mol. The second kappa shape index (κ2) is 6.10. The molecular formula is C12H17NO4. The molecule has 0 spiro atoms. The van der Waals surface area contributed by atoms with Crippen LogP contribution in [0.5, 0.6) is 5.75 Å². The Morgan fingerprint density at radius 2 is 2.24 bits per heavy atom. The molecule has 0 aliphatic rings. The third-order valence-electron chi connectivity index (χ3n) is 1.98. The van der Waals surface area contributed by atoms with Crippen LogP contribution in [0.3, 0.4) is 0 Å². The fourth-order valence-electron chi connectivity index (χ4n) is 1.25. The van der Waals surface area contributed by atoms with Crippen LogP contribution in [0.15, 0.2) is 18.2 Å². The topological polar surface area (TPSA) is 81.8 Å². The smallest absolute Gasteiger partial charge is 0.341 e. The maximum Gasteiger partial charge on any atom is 0.341 e. The van der Waals surface area contributed by atoms with Crippen molar-refractivity contribution < 1.29 is 19.4 Å². The molecule has 0 fully saturated rings. The van der Waals surface area contributed by atoms with Gasteiger partial charge in [-0.15, -0.1) is 0 Å². The van der Waals surface area contributed by atoms with Crippen molar-refractivity contribution in [2.24, 2.45) is 0 Å². The third kappa shape index (κ3) is 3.96. The van der Waals surface area contributed by atoms with Gasteiger partial charge in [-0.2, -0.15) is 0 Å². The molecule has 94 valence electrons. The van der Waals surface area contributed by atoms with Crippen LogP contribution in [0.25, 0.3) is 0 Å². The Hall–Kier alpha value is -1.75. The quantitative estimate of drug-likeness (QED) is 0.596. The average molecular weight is 239 g/mol. The average Bonchev–Trinajstić information content (AvgIpc) is 2.27. The number of aliphatic hydroxyl groups is 1. The number of rotatable bonds is 5. The largest absolute Gasteiger partial charge is 0.490 e. The van der Waals surface area contributed by atoms with E-state index in [9.17, 15) is 4.79 Å². The number of nitrogen functional groups attached to an aromatic ring is 1. The van der Waals surface area contributed by atoms with Gasteiger partial charge in [0.25, 0.3) is 0 Å². The van der Waals surface area contributed by atoms with Gasteiger partial charge in [0.15, 0.2) is 0 Å².